The second-order valence-corrected chi connectivity index (χ2v) is 5.65. The van der Waals surface area contributed by atoms with Gasteiger partial charge in [0.25, 0.3) is 5.91 Å². The van der Waals surface area contributed by atoms with Gasteiger partial charge in [-0.1, -0.05) is 34.1 Å². The van der Waals surface area contributed by atoms with Crippen molar-refractivity contribution in [2.45, 2.75) is 31.8 Å². The van der Waals surface area contributed by atoms with Crippen LogP contribution in [0.15, 0.2) is 28.7 Å². The molecule has 1 aliphatic heterocycles. The number of amides is 1. The molecule has 98 valence electrons. The van der Waals surface area contributed by atoms with Crippen LogP contribution in [-0.4, -0.2) is 35.1 Å². The molecule has 18 heavy (non-hydrogen) atoms. The summed E-state index contributed by atoms with van der Waals surface area (Å²) < 4.78 is 1.14. The first-order chi connectivity index (χ1) is 8.59. The Labute approximate surface area is 116 Å². The minimum Gasteiger partial charge on any atom is -0.384 e. The van der Waals surface area contributed by atoms with Gasteiger partial charge in [-0.25, -0.2) is 0 Å². The van der Waals surface area contributed by atoms with E-state index in [0.717, 1.165) is 30.4 Å². The molecule has 0 aromatic heterocycles. The standard InChI is InChI=1S/C14H18BrNO2/c1-10(17)14(18)16-8-6-11(7-9-16)12-4-2-3-5-13(12)15/h2-5,10-11,17H,6-9H2,1H3. The van der Waals surface area contributed by atoms with Crippen LogP contribution in [0.5, 0.6) is 0 Å². The van der Waals surface area contributed by atoms with Crippen LogP contribution in [0.3, 0.4) is 0 Å². The summed E-state index contributed by atoms with van der Waals surface area (Å²) in [6.45, 7) is 2.99. The molecule has 4 heteroatoms. The molecular formula is C14H18BrNO2. The number of hydrogen-bond donors (Lipinski definition) is 1. The van der Waals surface area contributed by atoms with E-state index < -0.39 is 6.10 Å². The monoisotopic (exact) mass is 311 g/mol. The van der Waals surface area contributed by atoms with Crippen molar-refractivity contribution in [2.24, 2.45) is 0 Å². The van der Waals surface area contributed by atoms with Crippen LogP contribution in [0.4, 0.5) is 0 Å². The molecule has 1 aromatic rings. The number of nitrogens with zero attached hydrogens (tertiary/aromatic N) is 1. The number of hydrogen-bond acceptors (Lipinski definition) is 2. The maximum absolute atomic E-state index is 11.7. The highest BCUT2D eigenvalue weighted by Crippen LogP contribution is 2.32. The number of likely N-dealkylation sites (tertiary alicyclic amines) is 1. The van der Waals surface area contributed by atoms with Gasteiger partial charge >= 0.3 is 0 Å². The number of aliphatic hydroxyl groups excluding tert-OH is 1. The largest absolute Gasteiger partial charge is 0.384 e. The third-order valence-corrected chi connectivity index (χ3v) is 4.23. The van der Waals surface area contributed by atoms with E-state index in [0.29, 0.717) is 5.92 Å². The summed E-state index contributed by atoms with van der Waals surface area (Å²) in [5, 5.41) is 9.30. The van der Waals surface area contributed by atoms with E-state index in [1.165, 1.54) is 12.5 Å². The van der Waals surface area contributed by atoms with E-state index in [1.54, 1.807) is 4.90 Å². The van der Waals surface area contributed by atoms with Gasteiger partial charge in [0.05, 0.1) is 0 Å². The van der Waals surface area contributed by atoms with Gasteiger partial charge in [0.2, 0.25) is 0 Å². The fourth-order valence-electron chi connectivity index (χ4n) is 2.48. The van der Waals surface area contributed by atoms with Gasteiger partial charge in [-0.3, -0.25) is 4.79 Å². The molecule has 0 bridgehead atoms. The Morgan fingerprint density at radius 3 is 2.56 bits per heavy atom. The Balaban J connectivity index is 1.99. The van der Waals surface area contributed by atoms with Gasteiger partial charge in [-0.05, 0) is 37.3 Å². The molecular weight excluding hydrogens is 294 g/mol. The first-order valence-corrected chi connectivity index (χ1v) is 7.10. The van der Waals surface area contributed by atoms with E-state index in [-0.39, 0.29) is 5.91 Å². The van der Waals surface area contributed by atoms with E-state index in [9.17, 15) is 9.90 Å². The zero-order valence-electron chi connectivity index (χ0n) is 10.5. The van der Waals surface area contributed by atoms with Crippen molar-refractivity contribution >= 4 is 21.8 Å². The highest BCUT2D eigenvalue weighted by Gasteiger charge is 2.26. The van der Waals surface area contributed by atoms with Gasteiger partial charge in [0.15, 0.2) is 0 Å². The van der Waals surface area contributed by atoms with E-state index in [2.05, 4.69) is 28.1 Å². The summed E-state index contributed by atoms with van der Waals surface area (Å²) in [7, 11) is 0. The minimum atomic E-state index is -0.884. The molecule has 1 aliphatic rings. The zero-order valence-corrected chi connectivity index (χ0v) is 12.1. The maximum Gasteiger partial charge on any atom is 0.251 e. The lowest BCUT2D eigenvalue weighted by molar-refractivity contribution is -0.140. The van der Waals surface area contributed by atoms with Crippen molar-refractivity contribution in [3.8, 4) is 0 Å². The quantitative estimate of drug-likeness (QED) is 0.912. The first kappa shape index (κ1) is 13.6. The number of carbonyl (C=O) groups is 1. The van der Waals surface area contributed by atoms with Crippen molar-refractivity contribution < 1.29 is 9.90 Å². The summed E-state index contributed by atoms with van der Waals surface area (Å²) in [5.74, 6) is 0.346. The highest BCUT2D eigenvalue weighted by molar-refractivity contribution is 9.10. The fraction of sp³-hybridized carbons (Fsp3) is 0.500. The highest BCUT2D eigenvalue weighted by atomic mass is 79.9. The van der Waals surface area contributed by atoms with Crippen LogP contribution >= 0.6 is 15.9 Å². The van der Waals surface area contributed by atoms with E-state index in [4.69, 9.17) is 0 Å². The third kappa shape index (κ3) is 2.93. The average molecular weight is 312 g/mol. The number of rotatable bonds is 2. The average Bonchev–Trinajstić information content (AvgIpc) is 2.38. The van der Waals surface area contributed by atoms with Crippen LogP contribution in [0.2, 0.25) is 0 Å². The fourth-order valence-corrected chi connectivity index (χ4v) is 3.09. The Hall–Kier alpha value is -0.870. The van der Waals surface area contributed by atoms with Crippen molar-refractivity contribution in [1.29, 1.82) is 0 Å². The SMILES string of the molecule is CC(O)C(=O)N1CCC(c2ccccc2Br)CC1. The Kier molecular flexibility index (Phi) is 4.40. The van der Waals surface area contributed by atoms with Crippen molar-refractivity contribution in [3.63, 3.8) is 0 Å². The second kappa shape index (κ2) is 5.85. The molecule has 1 N–H and O–H groups in total. The van der Waals surface area contributed by atoms with Gasteiger partial charge in [-0.15, -0.1) is 0 Å². The molecule has 3 nitrogen and oxygen atoms in total. The predicted molar refractivity (Wildman–Crippen MR) is 74.4 cm³/mol. The van der Waals surface area contributed by atoms with Crippen molar-refractivity contribution in [1.82, 2.24) is 4.90 Å². The molecule has 0 saturated carbocycles. The van der Waals surface area contributed by atoms with Crippen LogP contribution < -0.4 is 0 Å². The summed E-state index contributed by atoms with van der Waals surface area (Å²) >= 11 is 3.58. The van der Waals surface area contributed by atoms with Crippen LogP contribution in [-0.2, 0) is 4.79 Å². The summed E-state index contributed by atoms with van der Waals surface area (Å²) in [5.41, 5.74) is 1.32. The molecule has 1 saturated heterocycles. The molecule has 0 spiro atoms. The van der Waals surface area contributed by atoms with Gasteiger partial charge in [0.1, 0.15) is 6.10 Å². The molecule has 1 unspecified atom stereocenters. The molecule has 1 atom stereocenters. The number of benzene rings is 1. The molecule has 1 fully saturated rings. The number of piperidine rings is 1. The van der Waals surface area contributed by atoms with Gasteiger partial charge in [-0.2, -0.15) is 0 Å². The lowest BCUT2D eigenvalue weighted by atomic mass is 9.89. The van der Waals surface area contributed by atoms with Crippen molar-refractivity contribution in [2.75, 3.05) is 13.1 Å². The number of carbonyl (C=O) groups excluding carboxylic acids is 1. The van der Waals surface area contributed by atoms with Crippen molar-refractivity contribution in [3.05, 3.63) is 34.3 Å². The van der Waals surface area contributed by atoms with E-state index >= 15 is 0 Å². The number of aliphatic hydroxyl groups is 1. The maximum atomic E-state index is 11.7. The Morgan fingerprint density at radius 2 is 2.00 bits per heavy atom. The normalized spacial score (nSPS) is 18.7. The lowest BCUT2D eigenvalue weighted by Gasteiger charge is -2.33. The molecule has 0 radical (unpaired) electrons. The van der Waals surface area contributed by atoms with Gasteiger partial charge < -0.3 is 10.0 Å². The smallest absolute Gasteiger partial charge is 0.251 e. The van der Waals surface area contributed by atoms with Crippen LogP contribution in [0.25, 0.3) is 0 Å². The minimum absolute atomic E-state index is 0.152. The molecule has 1 amide bonds. The summed E-state index contributed by atoms with van der Waals surface area (Å²) in [6.07, 6.45) is 1.03. The summed E-state index contributed by atoms with van der Waals surface area (Å²) in [4.78, 5) is 13.4. The number of halogens is 1. The van der Waals surface area contributed by atoms with Gasteiger partial charge in [0, 0.05) is 17.6 Å². The Morgan fingerprint density at radius 1 is 1.39 bits per heavy atom. The molecule has 0 aliphatic carbocycles. The Bertz CT molecular complexity index is 426. The molecule has 2 rings (SSSR count). The topological polar surface area (TPSA) is 40.5 Å². The van der Waals surface area contributed by atoms with Crippen LogP contribution in [0, 0.1) is 0 Å². The molecule has 1 heterocycles. The summed E-state index contributed by atoms with van der Waals surface area (Å²) in [6, 6.07) is 8.26. The van der Waals surface area contributed by atoms with Crippen LogP contribution in [0.1, 0.15) is 31.2 Å². The zero-order chi connectivity index (χ0) is 13.1. The lowest BCUT2D eigenvalue weighted by Crippen LogP contribution is -2.42. The first-order valence-electron chi connectivity index (χ1n) is 6.31. The third-order valence-electron chi connectivity index (χ3n) is 3.51. The second-order valence-electron chi connectivity index (χ2n) is 4.80. The predicted octanol–water partition coefficient (Wildman–Crippen LogP) is 2.54. The molecule has 1 aromatic carbocycles. The van der Waals surface area contributed by atoms with E-state index in [1.807, 2.05) is 12.1 Å².